The number of thioether (sulfide) groups is 1. The fourth-order valence-electron chi connectivity index (χ4n) is 2.83. The Morgan fingerprint density at radius 2 is 1.56 bits per heavy atom. The van der Waals surface area contributed by atoms with Crippen LogP contribution in [-0.4, -0.2) is 16.3 Å². The molecule has 0 heterocycles. The van der Waals surface area contributed by atoms with Crippen molar-refractivity contribution in [1.29, 1.82) is 0 Å². The van der Waals surface area contributed by atoms with Crippen LogP contribution in [0.15, 0.2) is 72.1 Å². The lowest BCUT2D eigenvalue weighted by molar-refractivity contribution is 0.0964. The molecule has 3 rings (SSSR count). The lowest BCUT2D eigenvalue weighted by Gasteiger charge is -2.10. The van der Waals surface area contributed by atoms with Gasteiger partial charge in [-0.1, -0.05) is 60.3 Å². The third-order valence-electron chi connectivity index (χ3n) is 4.19. The fraction of sp³-hybridized carbons (Fsp3) is 0.200. The lowest BCUT2D eigenvalue weighted by Crippen LogP contribution is -2.28. The first-order valence-corrected chi connectivity index (χ1v) is 9.11. The van der Waals surface area contributed by atoms with Crippen LogP contribution in [0.2, 0.25) is 0 Å². The number of rotatable bonds is 4. The zero-order chi connectivity index (χ0) is 17.6. The minimum atomic E-state index is -0.206. The normalized spacial score (nSPS) is 18.6. The molecule has 2 aromatic carbocycles. The van der Waals surface area contributed by atoms with Gasteiger partial charge in [-0.3, -0.25) is 9.59 Å². The summed E-state index contributed by atoms with van der Waals surface area (Å²) >= 11 is 1.36. The molecule has 0 aliphatic heterocycles. The molecule has 0 saturated heterocycles. The standard InChI is InChI=1S/C20H20N2O2S/c21-18(22-19(23)14-7-3-1-4-8-14)16-11-12-17(13-16)25-20(24)15-9-5-2-6-10-15/h1-10,17H,11-13,21H2,(H,22,23). The Hall–Kier alpha value is -2.53. The van der Waals surface area contributed by atoms with E-state index in [1.54, 1.807) is 12.1 Å². The van der Waals surface area contributed by atoms with Gasteiger partial charge >= 0.3 is 0 Å². The van der Waals surface area contributed by atoms with Crippen molar-refractivity contribution in [2.45, 2.75) is 24.5 Å². The molecule has 0 bridgehead atoms. The topological polar surface area (TPSA) is 72.2 Å². The van der Waals surface area contributed by atoms with E-state index in [1.807, 2.05) is 48.5 Å². The van der Waals surface area contributed by atoms with Crippen molar-refractivity contribution in [2.75, 3.05) is 0 Å². The van der Waals surface area contributed by atoms with E-state index in [0.717, 1.165) is 30.4 Å². The second-order valence-corrected chi connectivity index (χ2v) is 7.25. The van der Waals surface area contributed by atoms with Gasteiger partial charge in [0.15, 0.2) is 0 Å². The van der Waals surface area contributed by atoms with Crippen LogP contribution < -0.4 is 11.1 Å². The van der Waals surface area contributed by atoms with E-state index in [2.05, 4.69) is 5.32 Å². The van der Waals surface area contributed by atoms with E-state index >= 15 is 0 Å². The van der Waals surface area contributed by atoms with Crippen LogP contribution >= 0.6 is 11.8 Å². The van der Waals surface area contributed by atoms with Crippen molar-refractivity contribution in [1.82, 2.24) is 5.32 Å². The monoisotopic (exact) mass is 352 g/mol. The number of carbonyl (C=O) groups is 2. The largest absolute Gasteiger partial charge is 0.385 e. The molecule has 25 heavy (non-hydrogen) atoms. The van der Waals surface area contributed by atoms with Gasteiger partial charge in [-0.2, -0.15) is 0 Å². The summed E-state index contributed by atoms with van der Waals surface area (Å²) in [6.45, 7) is 0. The molecule has 1 aliphatic carbocycles. The third-order valence-corrected chi connectivity index (χ3v) is 5.38. The smallest absolute Gasteiger partial charge is 0.256 e. The minimum Gasteiger partial charge on any atom is -0.385 e. The predicted octanol–water partition coefficient (Wildman–Crippen LogP) is 3.71. The molecule has 128 valence electrons. The second kappa shape index (κ2) is 8.03. The van der Waals surface area contributed by atoms with Crippen LogP contribution in [0.1, 0.15) is 40.0 Å². The van der Waals surface area contributed by atoms with Gasteiger partial charge in [0.1, 0.15) is 5.82 Å². The summed E-state index contributed by atoms with van der Waals surface area (Å²) in [4.78, 5) is 24.5. The van der Waals surface area contributed by atoms with Crippen molar-refractivity contribution >= 4 is 22.8 Å². The summed E-state index contributed by atoms with van der Waals surface area (Å²) in [5.41, 5.74) is 8.39. The highest BCUT2D eigenvalue weighted by Crippen LogP contribution is 2.35. The number of hydrogen-bond donors (Lipinski definition) is 2. The highest BCUT2D eigenvalue weighted by Gasteiger charge is 2.25. The van der Waals surface area contributed by atoms with Gasteiger partial charge in [-0.05, 0) is 37.0 Å². The molecule has 1 unspecified atom stereocenters. The van der Waals surface area contributed by atoms with E-state index in [1.165, 1.54) is 11.8 Å². The molecule has 4 nitrogen and oxygen atoms in total. The molecule has 1 amide bonds. The number of nitrogens with two attached hydrogens (primary N) is 1. The Morgan fingerprint density at radius 1 is 0.960 bits per heavy atom. The van der Waals surface area contributed by atoms with Crippen molar-refractivity contribution < 1.29 is 9.59 Å². The summed E-state index contributed by atoms with van der Waals surface area (Å²) in [6.07, 6.45) is 2.42. The van der Waals surface area contributed by atoms with Crippen LogP contribution in [-0.2, 0) is 0 Å². The lowest BCUT2D eigenvalue weighted by atomic mass is 10.2. The molecule has 3 N–H and O–H groups in total. The maximum absolute atomic E-state index is 12.3. The molecule has 2 aromatic rings. The van der Waals surface area contributed by atoms with Crippen LogP contribution in [0.4, 0.5) is 0 Å². The Bertz CT molecular complexity index is 788. The van der Waals surface area contributed by atoms with Gasteiger partial charge in [0.2, 0.25) is 5.12 Å². The predicted molar refractivity (Wildman–Crippen MR) is 101 cm³/mol. The molecule has 0 radical (unpaired) electrons. The molecular formula is C20H20N2O2S. The quantitative estimate of drug-likeness (QED) is 0.880. The van der Waals surface area contributed by atoms with Gasteiger partial charge in [-0.15, -0.1) is 0 Å². The molecule has 5 heteroatoms. The summed E-state index contributed by atoms with van der Waals surface area (Å²) in [5.74, 6) is 0.214. The molecule has 1 saturated carbocycles. The maximum Gasteiger partial charge on any atom is 0.256 e. The zero-order valence-corrected chi connectivity index (χ0v) is 14.6. The van der Waals surface area contributed by atoms with Crippen LogP contribution in [0.3, 0.4) is 0 Å². The van der Waals surface area contributed by atoms with Gasteiger partial charge in [0.05, 0.1) is 0 Å². The van der Waals surface area contributed by atoms with E-state index in [0.29, 0.717) is 11.4 Å². The van der Waals surface area contributed by atoms with Crippen molar-refractivity contribution in [2.24, 2.45) is 5.73 Å². The SMILES string of the molecule is NC(NC(=O)c1ccccc1)=C1CCC(SC(=O)c2ccccc2)C1. The average Bonchev–Trinajstić information content (AvgIpc) is 3.12. The van der Waals surface area contributed by atoms with E-state index in [9.17, 15) is 9.59 Å². The van der Waals surface area contributed by atoms with Gasteiger partial charge in [0.25, 0.3) is 5.91 Å². The van der Waals surface area contributed by atoms with E-state index in [4.69, 9.17) is 5.73 Å². The van der Waals surface area contributed by atoms with Gasteiger partial charge < -0.3 is 11.1 Å². The summed E-state index contributed by atoms with van der Waals surface area (Å²) in [6, 6.07) is 18.3. The number of allylic oxidation sites excluding steroid dienone is 1. The molecule has 1 fully saturated rings. The van der Waals surface area contributed by atoms with Crippen molar-refractivity contribution in [3.63, 3.8) is 0 Å². The Kier molecular flexibility index (Phi) is 5.56. The van der Waals surface area contributed by atoms with Crippen molar-refractivity contribution in [3.05, 3.63) is 83.2 Å². The van der Waals surface area contributed by atoms with E-state index < -0.39 is 0 Å². The summed E-state index contributed by atoms with van der Waals surface area (Å²) < 4.78 is 0. The molecule has 1 atom stereocenters. The van der Waals surface area contributed by atoms with E-state index in [-0.39, 0.29) is 16.3 Å². The maximum atomic E-state index is 12.3. The first-order valence-electron chi connectivity index (χ1n) is 8.23. The highest BCUT2D eigenvalue weighted by atomic mass is 32.2. The van der Waals surface area contributed by atoms with Crippen LogP contribution in [0, 0.1) is 0 Å². The number of benzene rings is 2. The fourth-order valence-corrected chi connectivity index (χ4v) is 3.92. The Morgan fingerprint density at radius 3 is 2.20 bits per heavy atom. The van der Waals surface area contributed by atoms with Gasteiger partial charge in [-0.25, -0.2) is 0 Å². The first kappa shape index (κ1) is 17.3. The minimum absolute atomic E-state index is 0.0822. The average molecular weight is 352 g/mol. The molecular weight excluding hydrogens is 332 g/mol. The number of hydrogen-bond acceptors (Lipinski definition) is 4. The Labute approximate surface area is 151 Å². The molecule has 0 aromatic heterocycles. The first-order chi connectivity index (χ1) is 12.1. The zero-order valence-electron chi connectivity index (χ0n) is 13.8. The Balaban J connectivity index is 1.58. The highest BCUT2D eigenvalue weighted by molar-refractivity contribution is 8.14. The summed E-state index contributed by atoms with van der Waals surface area (Å²) in [5, 5.41) is 3.05. The number of nitrogens with one attached hydrogen (secondary N) is 1. The van der Waals surface area contributed by atoms with Crippen molar-refractivity contribution in [3.8, 4) is 0 Å². The number of carbonyl (C=O) groups excluding carboxylic acids is 2. The van der Waals surface area contributed by atoms with Crippen LogP contribution in [0.25, 0.3) is 0 Å². The number of amides is 1. The molecule has 0 spiro atoms. The second-order valence-electron chi connectivity index (χ2n) is 5.97. The van der Waals surface area contributed by atoms with Crippen LogP contribution in [0.5, 0.6) is 0 Å². The molecule has 1 aliphatic rings. The van der Waals surface area contributed by atoms with Gasteiger partial charge in [0, 0.05) is 16.4 Å². The third kappa shape index (κ3) is 4.51. The summed E-state index contributed by atoms with van der Waals surface area (Å²) in [7, 11) is 0.